The highest BCUT2D eigenvalue weighted by atomic mass is 19.4. The Morgan fingerprint density at radius 3 is 2.65 bits per heavy atom. The lowest BCUT2D eigenvalue weighted by Crippen LogP contribution is -2.48. The Kier molecular flexibility index (Phi) is 2.48. The fourth-order valence-corrected chi connectivity index (χ4v) is 1.44. The number of rotatable bonds is 3. The van der Waals surface area contributed by atoms with Gasteiger partial charge in [-0.1, -0.05) is 0 Å². The van der Waals surface area contributed by atoms with Crippen LogP contribution in [0.15, 0.2) is 6.33 Å². The van der Waals surface area contributed by atoms with Crippen LogP contribution in [-0.4, -0.2) is 32.4 Å². The first-order valence-corrected chi connectivity index (χ1v) is 4.85. The van der Waals surface area contributed by atoms with Crippen LogP contribution in [0.4, 0.5) is 19.1 Å². The van der Waals surface area contributed by atoms with Crippen molar-refractivity contribution in [2.45, 2.75) is 31.1 Å². The van der Waals surface area contributed by atoms with E-state index >= 15 is 0 Å². The minimum atomic E-state index is -4.41. The number of halogens is 3. The fourth-order valence-electron chi connectivity index (χ4n) is 1.44. The molecule has 1 saturated carbocycles. The molecule has 94 valence electrons. The van der Waals surface area contributed by atoms with E-state index < -0.39 is 17.6 Å². The molecule has 17 heavy (non-hydrogen) atoms. The first-order chi connectivity index (χ1) is 7.82. The molecule has 0 aromatic carbocycles. The van der Waals surface area contributed by atoms with Crippen molar-refractivity contribution in [2.75, 3.05) is 5.73 Å². The number of nitrogens with one attached hydrogen (secondary N) is 1. The minimum absolute atomic E-state index is 0.0326. The summed E-state index contributed by atoms with van der Waals surface area (Å²) < 4.78 is 38.7. The second-order valence-electron chi connectivity index (χ2n) is 3.93. The van der Waals surface area contributed by atoms with Gasteiger partial charge in [0, 0.05) is 0 Å². The van der Waals surface area contributed by atoms with Crippen LogP contribution >= 0.6 is 0 Å². The average molecular weight is 249 g/mol. The number of nitrogens with zero attached hydrogens (tertiary/aromatic N) is 3. The lowest BCUT2D eigenvalue weighted by Gasteiger charge is -2.20. The molecule has 1 aromatic rings. The van der Waals surface area contributed by atoms with Gasteiger partial charge in [-0.3, -0.25) is 4.79 Å². The van der Waals surface area contributed by atoms with Gasteiger partial charge in [0.15, 0.2) is 0 Å². The molecule has 3 N–H and O–H groups in total. The second-order valence-corrected chi connectivity index (χ2v) is 3.93. The molecule has 0 bridgehead atoms. The molecule has 1 fully saturated rings. The zero-order valence-electron chi connectivity index (χ0n) is 8.66. The SMILES string of the molecule is Nc1ncn(CC(=O)NC2(C(F)(F)F)CC2)n1. The third-order valence-corrected chi connectivity index (χ3v) is 2.53. The number of nitrogens with two attached hydrogens (primary N) is 1. The lowest BCUT2D eigenvalue weighted by molar-refractivity contribution is -0.170. The van der Waals surface area contributed by atoms with Crippen molar-refractivity contribution in [3.05, 3.63) is 6.33 Å². The first-order valence-electron chi connectivity index (χ1n) is 4.85. The number of amides is 1. The Morgan fingerprint density at radius 2 is 2.24 bits per heavy atom. The van der Waals surface area contributed by atoms with Crippen LogP contribution in [0.1, 0.15) is 12.8 Å². The van der Waals surface area contributed by atoms with Gasteiger partial charge in [0.1, 0.15) is 18.4 Å². The number of carbonyl (C=O) groups is 1. The molecule has 6 nitrogen and oxygen atoms in total. The Bertz CT molecular complexity index is 437. The van der Waals surface area contributed by atoms with E-state index in [4.69, 9.17) is 5.73 Å². The lowest BCUT2D eigenvalue weighted by atomic mass is 10.2. The standard InChI is InChI=1S/C8H10F3N5O/c9-8(10,11)7(1-2-7)14-5(17)3-16-4-13-6(12)15-16/h4H,1-3H2,(H2,12,15)(H,14,17). The minimum Gasteiger partial charge on any atom is -0.367 e. The van der Waals surface area contributed by atoms with Gasteiger partial charge in [-0.25, -0.2) is 9.67 Å². The van der Waals surface area contributed by atoms with Crippen molar-refractivity contribution in [2.24, 2.45) is 0 Å². The van der Waals surface area contributed by atoms with Gasteiger partial charge in [-0.05, 0) is 12.8 Å². The van der Waals surface area contributed by atoms with Gasteiger partial charge in [-0.15, -0.1) is 5.10 Å². The predicted octanol–water partition coefficient (Wildman–Crippen LogP) is 0.0714. The van der Waals surface area contributed by atoms with Crippen molar-refractivity contribution in [1.29, 1.82) is 0 Å². The van der Waals surface area contributed by atoms with E-state index in [-0.39, 0.29) is 25.3 Å². The maximum Gasteiger partial charge on any atom is 0.411 e. The molecule has 9 heteroatoms. The van der Waals surface area contributed by atoms with Crippen LogP contribution in [0, 0.1) is 0 Å². The quantitative estimate of drug-likeness (QED) is 0.793. The van der Waals surface area contributed by atoms with Crippen LogP contribution in [0.5, 0.6) is 0 Å². The fraction of sp³-hybridized carbons (Fsp3) is 0.625. The molecular formula is C8H10F3N5O. The number of nitrogen functional groups attached to an aromatic ring is 1. The Hall–Kier alpha value is -1.80. The molecule has 1 amide bonds. The summed E-state index contributed by atoms with van der Waals surface area (Å²) in [6.45, 7) is -0.331. The number of alkyl halides is 3. The van der Waals surface area contributed by atoms with E-state index in [0.29, 0.717) is 0 Å². The summed E-state index contributed by atoms with van der Waals surface area (Å²) in [5.41, 5.74) is 3.16. The molecule has 0 saturated heterocycles. The highest BCUT2D eigenvalue weighted by Gasteiger charge is 2.64. The van der Waals surface area contributed by atoms with E-state index in [1.807, 2.05) is 5.32 Å². The second kappa shape index (κ2) is 3.60. The normalized spacial score (nSPS) is 17.8. The number of anilines is 1. The zero-order chi connectivity index (χ0) is 12.7. The molecule has 2 rings (SSSR count). The van der Waals surface area contributed by atoms with E-state index in [9.17, 15) is 18.0 Å². The predicted molar refractivity (Wildman–Crippen MR) is 50.6 cm³/mol. The third-order valence-electron chi connectivity index (χ3n) is 2.53. The molecule has 1 aliphatic rings. The molecule has 1 aromatic heterocycles. The molecule has 0 radical (unpaired) electrons. The maximum absolute atomic E-state index is 12.5. The summed E-state index contributed by atoms with van der Waals surface area (Å²) in [4.78, 5) is 14.9. The molecule has 1 heterocycles. The van der Waals surface area contributed by atoms with E-state index in [1.54, 1.807) is 0 Å². The van der Waals surface area contributed by atoms with Gasteiger partial charge in [0.2, 0.25) is 11.9 Å². The molecule has 0 spiro atoms. The number of hydrogen-bond acceptors (Lipinski definition) is 4. The van der Waals surface area contributed by atoms with E-state index in [0.717, 1.165) is 4.68 Å². The number of aromatic nitrogens is 3. The summed E-state index contributed by atoms with van der Waals surface area (Å²) >= 11 is 0. The summed E-state index contributed by atoms with van der Waals surface area (Å²) in [5, 5.41) is 5.58. The van der Waals surface area contributed by atoms with E-state index in [2.05, 4.69) is 10.1 Å². The van der Waals surface area contributed by atoms with Gasteiger partial charge < -0.3 is 11.1 Å². The van der Waals surface area contributed by atoms with Gasteiger partial charge in [-0.2, -0.15) is 13.2 Å². The van der Waals surface area contributed by atoms with Crippen LogP contribution in [0.25, 0.3) is 0 Å². The van der Waals surface area contributed by atoms with Crippen LogP contribution in [-0.2, 0) is 11.3 Å². The highest BCUT2D eigenvalue weighted by Crippen LogP contribution is 2.48. The van der Waals surface area contributed by atoms with Gasteiger partial charge >= 0.3 is 6.18 Å². The average Bonchev–Trinajstić information content (AvgIpc) is 2.85. The van der Waals surface area contributed by atoms with Crippen molar-refractivity contribution in [3.8, 4) is 0 Å². The Balaban J connectivity index is 1.95. The van der Waals surface area contributed by atoms with Gasteiger partial charge in [0.05, 0.1) is 0 Å². The van der Waals surface area contributed by atoms with Crippen LogP contribution < -0.4 is 11.1 Å². The van der Waals surface area contributed by atoms with Crippen molar-refractivity contribution in [3.63, 3.8) is 0 Å². The molecule has 0 atom stereocenters. The van der Waals surface area contributed by atoms with Crippen molar-refractivity contribution in [1.82, 2.24) is 20.1 Å². The maximum atomic E-state index is 12.5. The van der Waals surface area contributed by atoms with Crippen LogP contribution in [0.2, 0.25) is 0 Å². The number of carbonyl (C=O) groups excluding carboxylic acids is 1. The summed E-state index contributed by atoms with van der Waals surface area (Å²) in [7, 11) is 0. The third kappa shape index (κ3) is 2.32. The monoisotopic (exact) mass is 249 g/mol. The van der Waals surface area contributed by atoms with Crippen molar-refractivity contribution >= 4 is 11.9 Å². The smallest absolute Gasteiger partial charge is 0.367 e. The van der Waals surface area contributed by atoms with Crippen LogP contribution in [0.3, 0.4) is 0 Å². The Labute approximate surface area is 94.0 Å². The highest BCUT2D eigenvalue weighted by molar-refractivity contribution is 5.77. The largest absolute Gasteiger partial charge is 0.411 e. The van der Waals surface area contributed by atoms with Gasteiger partial charge in [0.25, 0.3) is 0 Å². The number of hydrogen-bond donors (Lipinski definition) is 2. The summed E-state index contributed by atoms with van der Waals surface area (Å²) in [6.07, 6.45) is -3.39. The Morgan fingerprint density at radius 1 is 1.59 bits per heavy atom. The van der Waals surface area contributed by atoms with E-state index in [1.165, 1.54) is 6.33 Å². The summed E-state index contributed by atoms with van der Waals surface area (Å²) in [6, 6.07) is 0. The first kappa shape index (κ1) is 11.7. The molecule has 0 unspecified atom stereocenters. The molecular weight excluding hydrogens is 239 g/mol. The molecule has 0 aliphatic heterocycles. The summed E-state index contributed by atoms with van der Waals surface area (Å²) in [5.74, 6) is -0.792. The molecule has 1 aliphatic carbocycles. The zero-order valence-corrected chi connectivity index (χ0v) is 8.66. The van der Waals surface area contributed by atoms with Crippen molar-refractivity contribution < 1.29 is 18.0 Å². The topological polar surface area (TPSA) is 85.8 Å².